The van der Waals surface area contributed by atoms with E-state index in [-0.39, 0.29) is 0 Å². The molecule has 0 N–H and O–H groups in total. The number of hydrogen-bond acceptors (Lipinski definition) is 1. The topological polar surface area (TPSA) is 3.24 Å². The fourth-order valence-electron chi connectivity index (χ4n) is 1.47. The Morgan fingerprint density at radius 1 is 1.27 bits per heavy atom. The molecule has 0 aromatic heterocycles. The molecule has 84 valence electrons. The van der Waals surface area contributed by atoms with Gasteiger partial charge in [-0.15, -0.1) is 0 Å². The molecule has 0 spiro atoms. The predicted octanol–water partition coefficient (Wildman–Crippen LogP) is 3.95. The highest BCUT2D eigenvalue weighted by Crippen LogP contribution is 2.16. The van der Waals surface area contributed by atoms with Crippen molar-refractivity contribution in [2.24, 2.45) is 0 Å². The molecular weight excluding hydrogens is 273 g/mol. The van der Waals surface area contributed by atoms with Crippen LogP contribution in [0.15, 0.2) is 24.3 Å². The maximum absolute atomic E-state index is 6.10. The quantitative estimate of drug-likeness (QED) is 0.566. The van der Waals surface area contributed by atoms with E-state index in [4.69, 9.17) is 11.6 Å². The number of alkyl halides is 1. The molecule has 1 aromatic carbocycles. The Kier molecular flexibility index (Phi) is 6.30. The van der Waals surface area contributed by atoms with Gasteiger partial charge in [0.1, 0.15) is 0 Å². The normalized spacial score (nSPS) is 10.9. The molecule has 0 radical (unpaired) electrons. The first-order valence-corrected chi connectivity index (χ1v) is 6.72. The van der Waals surface area contributed by atoms with Crippen LogP contribution in [0.2, 0.25) is 5.02 Å². The van der Waals surface area contributed by atoms with Crippen LogP contribution in [0.4, 0.5) is 0 Å². The molecule has 3 heteroatoms. The second kappa shape index (κ2) is 7.26. The summed E-state index contributed by atoms with van der Waals surface area (Å²) in [5, 5.41) is 1.96. The molecule has 0 atom stereocenters. The molecule has 0 saturated heterocycles. The van der Waals surface area contributed by atoms with Crippen LogP contribution in [0.5, 0.6) is 0 Å². The largest absolute Gasteiger partial charge is 0.302 e. The predicted molar refractivity (Wildman–Crippen MR) is 70.8 cm³/mol. The number of nitrogens with zero attached hydrogens (tertiary/aromatic N) is 1. The molecule has 0 unspecified atom stereocenters. The van der Waals surface area contributed by atoms with E-state index in [1.54, 1.807) is 0 Å². The molecule has 0 heterocycles. The highest BCUT2D eigenvalue weighted by atomic mass is 79.9. The van der Waals surface area contributed by atoms with Crippen LogP contribution in [0, 0.1) is 0 Å². The Morgan fingerprint density at radius 2 is 2.00 bits per heavy atom. The van der Waals surface area contributed by atoms with Crippen molar-refractivity contribution in [2.45, 2.75) is 19.4 Å². The third kappa shape index (κ3) is 5.01. The highest BCUT2D eigenvalue weighted by Gasteiger charge is 2.02. The smallest absolute Gasteiger partial charge is 0.0451 e. The van der Waals surface area contributed by atoms with Gasteiger partial charge in [0.2, 0.25) is 0 Å². The Labute approximate surface area is 106 Å². The third-order valence-corrected chi connectivity index (χ3v) is 3.25. The summed E-state index contributed by atoms with van der Waals surface area (Å²) in [6, 6.07) is 8.04. The summed E-state index contributed by atoms with van der Waals surface area (Å²) in [7, 11) is 2.14. The first kappa shape index (κ1) is 13.0. The van der Waals surface area contributed by atoms with Gasteiger partial charge in [0, 0.05) is 16.9 Å². The lowest BCUT2D eigenvalue weighted by molar-refractivity contribution is 0.321. The van der Waals surface area contributed by atoms with Gasteiger partial charge in [0.05, 0.1) is 0 Å². The van der Waals surface area contributed by atoms with Crippen molar-refractivity contribution in [1.29, 1.82) is 0 Å². The minimum Gasteiger partial charge on any atom is -0.302 e. The van der Waals surface area contributed by atoms with Gasteiger partial charge >= 0.3 is 0 Å². The molecule has 0 bridgehead atoms. The molecular formula is C12H17BrClN. The second-order valence-corrected chi connectivity index (χ2v) is 4.93. The molecule has 1 nitrogen and oxygen atoms in total. The van der Waals surface area contributed by atoms with E-state index in [1.807, 2.05) is 18.2 Å². The molecule has 0 fully saturated rings. The monoisotopic (exact) mass is 289 g/mol. The zero-order valence-electron chi connectivity index (χ0n) is 9.05. The van der Waals surface area contributed by atoms with Crippen molar-refractivity contribution in [1.82, 2.24) is 4.90 Å². The first-order chi connectivity index (χ1) is 7.24. The number of benzene rings is 1. The number of rotatable bonds is 6. The zero-order chi connectivity index (χ0) is 11.1. The van der Waals surface area contributed by atoms with Crippen LogP contribution < -0.4 is 0 Å². The number of unbranched alkanes of at least 4 members (excludes halogenated alkanes) is 1. The fraction of sp³-hybridized carbons (Fsp3) is 0.500. The summed E-state index contributed by atoms with van der Waals surface area (Å²) in [4.78, 5) is 2.31. The summed E-state index contributed by atoms with van der Waals surface area (Å²) < 4.78 is 0. The lowest BCUT2D eigenvalue weighted by Gasteiger charge is -2.16. The van der Waals surface area contributed by atoms with Gasteiger partial charge in [0.25, 0.3) is 0 Å². The average molecular weight is 291 g/mol. The second-order valence-electron chi connectivity index (χ2n) is 3.73. The van der Waals surface area contributed by atoms with Crippen LogP contribution in [-0.2, 0) is 6.54 Å². The lowest BCUT2D eigenvalue weighted by atomic mass is 10.2. The van der Waals surface area contributed by atoms with Crippen LogP contribution >= 0.6 is 27.5 Å². The molecule has 0 aliphatic heterocycles. The number of hydrogen-bond donors (Lipinski definition) is 0. The molecule has 0 saturated carbocycles. The maximum Gasteiger partial charge on any atom is 0.0451 e. The SMILES string of the molecule is CN(CCCCBr)Cc1ccccc1Cl. The van der Waals surface area contributed by atoms with Crippen LogP contribution in [-0.4, -0.2) is 23.8 Å². The Morgan fingerprint density at radius 3 is 2.67 bits per heavy atom. The van der Waals surface area contributed by atoms with Crippen molar-refractivity contribution in [3.63, 3.8) is 0 Å². The van der Waals surface area contributed by atoms with E-state index in [0.29, 0.717) is 0 Å². The standard InChI is InChI=1S/C12H17BrClN/c1-15(9-5-4-8-13)10-11-6-2-3-7-12(11)14/h2-3,6-7H,4-5,8-10H2,1H3. The zero-order valence-corrected chi connectivity index (χ0v) is 11.4. The summed E-state index contributed by atoms with van der Waals surface area (Å²) >= 11 is 9.53. The highest BCUT2D eigenvalue weighted by molar-refractivity contribution is 9.09. The minimum atomic E-state index is 0.866. The first-order valence-electron chi connectivity index (χ1n) is 5.22. The summed E-state index contributed by atoms with van der Waals surface area (Å²) in [5.74, 6) is 0. The summed E-state index contributed by atoms with van der Waals surface area (Å²) in [6.45, 7) is 2.05. The Bertz CT molecular complexity index is 291. The van der Waals surface area contributed by atoms with Crippen molar-refractivity contribution in [2.75, 3.05) is 18.9 Å². The molecule has 15 heavy (non-hydrogen) atoms. The minimum absolute atomic E-state index is 0.866. The Balaban J connectivity index is 2.37. The van der Waals surface area contributed by atoms with Gasteiger partial charge in [-0.25, -0.2) is 0 Å². The van der Waals surface area contributed by atoms with E-state index in [0.717, 1.165) is 23.4 Å². The molecule has 1 rings (SSSR count). The van der Waals surface area contributed by atoms with Crippen molar-refractivity contribution in [3.05, 3.63) is 34.9 Å². The van der Waals surface area contributed by atoms with Crippen molar-refractivity contribution in [3.8, 4) is 0 Å². The van der Waals surface area contributed by atoms with Gasteiger partial charge in [0.15, 0.2) is 0 Å². The van der Waals surface area contributed by atoms with Crippen molar-refractivity contribution >= 4 is 27.5 Å². The van der Waals surface area contributed by atoms with E-state index >= 15 is 0 Å². The number of halogens is 2. The maximum atomic E-state index is 6.10. The van der Waals surface area contributed by atoms with Gasteiger partial charge in [-0.1, -0.05) is 45.7 Å². The van der Waals surface area contributed by atoms with E-state index in [1.165, 1.54) is 18.4 Å². The molecule has 0 aliphatic rings. The third-order valence-electron chi connectivity index (χ3n) is 2.32. The molecule has 0 aliphatic carbocycles. The van der Waals surface area contributed by atoms with E-state index in [2.05, 4.69) is 33.9 Å². The molecule has 1 aromatic rings. The van der Waals surface area contributed by atoms with Gasteiger partial charge < -0.3 is 4.90 Å². The average Bonchev–Trinajstić information content (AvgIpc) is 2.22. The van der Waals surface area contributed by atoms with Crippen LogP contribution in [0.1, 0.15) is 18.4 Å². The van der Waals surface area contributed by atoms with Crippen molar-refractivity contribution < 1.29 is 0 Å². The molecule has 0 amide bonds. The van der Waals surface area contributed by atoms with Gasteiger partial charge in [-0.2, -0.15) is 0 Å². The summed E-state index contributed by atoms with van der Waals surface area (Å²) in [5.41, 5.74) is 1.21. The fourth-order valence-corrected chi connectivity index (χ4v) is 2.06. The van der Waals surface area contributed by atoms with E-state index in [9.17, 15) is 0 Å². The lowest BCUT2D eigenvalue weighted by Crippen LogP contribution is -2.19. The van der Waals surface area contributed by atoms with Gasteiger partial charge in [-0.3, -0.25) is 0 Å². The van der Waals surface area contributed by atoms with E-state index < -0.39 is 0 Å². The van der Waals surface area contributed by atoms with Crippen LogP contribution in [0.25, 0.3) is 0 Å². The summed E-state index contributed by atoms with van der Waals surface area (Å²) in [6.07, 6.45) is 2.46. The van der Waals surface area contributed by atoms with Gasteiger partial charge in [-0.05, 0) is 38.1 Å². The Hall–Kier alpha value is -0.0500. The van der Waals surface area contributed by atoms with Crippen LogP contribution in [0.3, 0.4) is 0 Å².